The van der Waals surface area contributed by atoms with Gasteiger partial charge in [0.2, 0.25) is 18.2 Å². The third kappa shape index (κ3) is 3.21. The van der Waals surface area contributed by atoms with E-state index in [-0.39, 0.29) is 11.3 Å². The fourth-order valence-electron chi connectivity index (χ4n) is 1.64. The maximum Gasteiger partial charge on any atom is 0.247 e. The van der Waals surface area contributed by atoms with Gasteiger partial charge in [-0.05, 0) is 23.6 Å². The van der Waals surface area contributed by atoms with Crippen molar-refractivity contribution in [3.8, 4) is 11.5 Å². The lowest BCUT2D eigenvalue weighted by Crippen LogP contribution is -2.45. The molecule has 0 spiro atoms. The highest BCUT2D eigenvalue weighted by atomic mass is 16.4. The first-order chi connectivity index (χ1) is 9.38. The Kier molecular flexibility index (Phi) is 3.85. The lowest BCUT2D eigenvalue weighted by Gasteiger charge is -2.25. The summed E-state index contributed by atoms with van der Waals surface area (Å²) >= 11 is 0. The van der Waals surface area contributed by atoms with E-state index in [9.17, 15) is 4.79 Å². The summed E-state index contributed by atoms with van der Waals surface area (Å²) in [5.74, 6) is 0.182. The Morgan fingerprint density at radius 1 is 1.40 bits per heavy atom. The van der Waals surface area contributed by atoms with Gasteiger partial charge in [0.05, 0.1) is 6.04 Å². The van der Waals surface area contributed by atoms with Crippen LogP contribution >= 0.6 is 0 Å². The number of amides is 1. The van der Waals surface area contributed by atoms with Crippen molar-refractivity contribution >= 4 is 11.6 Å². The van der Waals surface area contributed by atoms with E-state index in [0.29, 0.717) is 11.6 Å². The van der Waals surface area contributed by atoms with E-state index in [1.165, 1.54) is 6.39 Å². The van der Waals surface area contributed by atoms with Gasteiger partial charge in [-0.15, -0.1) is 10.2 Å². The fourth-order valence-corrected chi connectivity index (χ4v) is 1.64. The smallest absolute Gasteiger partial charge is 0.247 e. The molecule has 1 aromatic carbocycles. The molecule has 2 aromatic rings. The van der Waals surface area contributed by atoms with E-state index in [1.807, 2.05) is 26.8 Å². The van der Waals surface area contributed by atoms with Gasteiger partial charge in [-0.1, -0.05) is 26.8 Å². The van der Waals surface area contributed by atoms with Gasteiger partial charge < -0.3 is 15.5 Å². The van der Waals surface area contributed by atoms with Crippen LogP contribution in [0.2, 0.25) is 0 Å². The zero-order valence-corrected chi connectivity index (χ0v) is 11.8. The largest absolute Gasteiger partial charge is 0.423 e. The highest BCUT2D eigenvalue weighted by molar-refractivity contribution is 5.95. The van der Waals surface area contributed by atoms with Crippen LogP contribution in [0.4, 0.5) is 5.69 Å². The van der Waals surface area contributed by atoms with Crippen LogP contribution in [0.5, 0.6) is 0 Å². The van der Waals surface area contributed by atoms with Crippen LogP contribution in [0, 0.1) is 5.41 Å². The minimum Gasteiger partial charge on any atom is -0.423 e. The normalized spacial score (nSPS) is 13.0. The maximum atomic E-state index is 12.1. The van der Waals surface area contributed by atoms with Crippen molar-refractivity contribution < 1.29 is 9.21 Å². The number of rotatable bonds is 3. The zero-order valence-electron chi connectivity index (χ0n) is 11.8. The van der Waals surface area contributed by atoms with Gasteiger partial charge in [0.1, 0.15) is 0 Å². The Labute approximate surface area is 117 Å². The Morgan fingerprint density at radius 2 is 2.15 bits per heavy atom. The molecule has 0 unspecified atom stereocenters. The second-order valence-electron chi connectivity index (χ2n) is 5.66. The van der Waals surface area contributed by atoms with Gasteiger partial charge in [0.25, 0.3) is 0 Å². The number of carbonyl (C=O) groups excluding carboxylic acids is 1. The van der Waals surface area contributed by atoms with Crippen LogP contribution in [0.3, 0.4) is 0 Å². The summed E-state index contributed by atoms with van der Waals surface area (Å²) in [7, 11) is 0. The van der Waals surface area contributed by atoms with Crippen molar-refractivity contribution in [3.05, 3.63) is 30.7 Å². The molecular weight excluding hydrogens is 256 g/mol. The van der Waals surface area contributed by atoms with E-state index in [2.05, 4.69) is 15.5 Å². The third-order valence-corrected chi connectivity index (χ3v) is 2.95. The third-order valence-electron chi connectivity index (χ3n) is 2.95. The second kappa shape index (κ2) is 5.42. The molecule has 0 saturated carbocycles. The lowest BCUT2D eigenvalue weighted by molar-refractivity contribution is -0.119. The van der Waals surface area contributed by atoms with E-state index in [0.717, 1.165) is 5.56 Å². The molecule has 0 bridgehead atoms. The zero-order chi connectivity index (χ0) is 14.8. The molecule has 1 atom stereocenters. The van der Waals surface area contributed by atoms with Crippen molar-refractivity contribution in [1.82, 2.24) is 10.2 Å². The molecule has 1 aromatic heterocycles. The Balaban J connectivity index is 2.15. The van der Waals surface area contributed by atoms with Crippen LogP contribution in [-0.4, -0.2) is 22.1 Å². The Hall–Kier alpha value is -2.21. The number of nitrogens with one attached hydrogen (secondary N) is 1. The monoisotopic (exact) mass is 274 g/mol. The molecular formula is C14H18N4O2. The van der Waals surface area contributed by atoms with Crippen molar-refractivity contribution in [2.45, 2.75) is 26.8 Å². The molecule has 0 aliphatic rings. The Bertz CT molecular complexity index is 587. The number of nitrogens with two attached hydrogens (primary N) is 1. The molecule has 3 N–H and O–H groups in total. The lowest BCUT2D eigenvalue weighted by atomic mass is 9.87. The molecule has 1 heterocycles. The van der Waals surface area contributed by atoms with Crippen LogP contribution in [0.25, 0.3) is 11.5 Å². The summed E-state index contributed by atoms with van der Waals surface area (Å²) in [4.78, 5) is 12.1. The van der Waals surface area contributed by atoms with Crippen LogP contribution in [0.15, 0.2) is 35.1 Å². The molecule has 6 heteroatoms. The quantitative estimate of drug-likeness (QED) is 0.893. The average Bonchev–Trinajstić information content (AvgIpc) is 2.91. The van der Waals surface area contributed by atoms with Gasteiger partial charge in [0, 0.05) is 11.3 Å². The highest BCUT2D eigenvalue weighted by Crippen LogP contribution is 2.22. The molecule has 0 aliphatic carbocycles. The number of anilines is 1. The molecule has 0 saturated heterocycles. The predicted octanol–water partition coefficient (Wildman–Crippen LogP) is 2.05. The summed E-state index contributed by atoms with van der Waals surface area (Å²) in [6, 6.07) is 6.59. The van der Waals surface area contributed by atoms with Crippen LogP contribution in [0.1, 0.15) is 20.8 Å². The molecule has 1 amide bonds. The first-order valence-electron chi connectivity index (χ1n) is 6.31. The topological polar surface area (TPSA) is 94.0 Å². The van der Waals surface area contributed by atoms with E-state index < -0.39 is 6.04 Å². The number of carbonyl (C=O) groups is 1. The standard InChI is InChI=1S/C14H18N4O2/c1-14(2,3)11(15)12(19)17-10-6-4-5-9(7-10)13-18-16-8-20-13/h4-8,11H,15H2,1-3H3,(H,17,19)/t11-/m0/s1. The van der Waals surface area contributed by atoms with Crippen molar-refractivity contribution in [2.24, 2.45) is 11.1 Å². The molecule has 0 radical (unpaired) electrons. The van der Waals surface area contributed by atoms with Crippen molar-refractivity contribution in [3.63, 3.8) is 0 Å². The van der Waals surface area contributed by atoms with Crippen LogP contribution in [-0.2, 0) is 4.79 Å². The minimum atomic E-state index is -0.588. The van der Waals surface area contributed by atoms with Crippen LogP contribution < -0.4 is 11.1 Å². The molecule has 0 fully saturated rings. The summed E-state index contributed by atoms with van der Waals surface area (Å²) in [5.41, 5.74) is 7.01. The van der Waals surface area contributed by atoms with Gasteiger partial charge >= 0.3 is 0 Å². The molecule has 0 aliphatic heterocycles. The maximum absolute atomic E-state index is 12.1. The molecule has 20 heavy (non-hydrogen) atoms. The summed E-state index contributed by atoms with van der Waals surface area (Å²) in [6.45, 7) is 5.77. The van der Waals surface area contributed by atoms with Gasteiger partial charge in [-0.25, -0.2) is 0 Å². The summed E-state index contributed by atoms with van der Waals surface area (Å²) < 4.78 is 5.12. The van der Waals surface area contributed by atoms with E-state index in [1.54, 1.807) is 18.2 Å². The number of benzene rings is 1. The number of hydrogen-bond donors (Lipinski definition) is 2. The predicted molar refractivity (Wildman–Crippen MR) is 75.8 cm³/mol. The summed E-state index contributed by atoms with van der Waals surface area (Å²) in [5, 5.41) is 10.2. The van der Waals surface area contributed by atoms with E-state index in [4.69, 9.17) is 10.2 Å². The Morgan fingerprint density at radius 3 is 2.75 bits per heavy atom. The fraction of sp³-hybridized carbons (Fsp3) is 0.357. The minimum absolute atomic E-state index is 0.222. The SMILES string of the molecule is CC(C)(C)[C@@H](N)C(=O)Nc1cccc(-c2nnco2)c1. The average molecular weight is 274 g/mol. The van der Waals surface area contributed by atoms with Gasteiger partial charge in [-0.3, -0.25) is 4.79 Å². The van der Waals surface area contributed by atoms with Crippen molar-refractivity contribution in [1.29, 1.82) is 0 Å². The van der Waals surface area contributed by atoms with E-state index >= 15 is 0 Å². The number of aromatic nitrogens is 2. The van der Waals surface area contributed by atoms with Gasteiger partial charge in [-0.2, -0.15) is 0 Å². The number of hydrogen-bond acceptors (Lipinski definition) is 5. The second-order valence-corrected chi connectivity index (χ2v) is 5.66. The molecule has 106 valence electrons. The molecule has 6 nitrogen and oxygen atoms in total. The highest BCUT2D eigenvalue weighted by Gasteiger charge is 2.27. The van der Waals surface area contributed by atoms with Gasteiger partial charge in [0.15, 0.2) is 0 Å². The number of nitrogens with zero attached hydrogens (tertiary/aromatic N) is 2. The first kappa shape index (κ1) is 14.2. The molecule has 2 rings (SSSR count). The van der Waals surface area contributed by atoms with Crippen molar-refractivity contribution in [2.75, 3.05) is 5.32 Å². The first-order valence-corrected chi connectivity index (χ1v) is 6.31. The summed E-state index contributed by atoms with van der Waals surface area (Å²) in [6.07, 6.45) is 1.26.